The molecule has 0 atom stereocenters. The average Bonchev–Trinajstić information content (AvgIpc) is 2.00. The van der Waals surface area contributed by atoms with Crippen LogP contribution < -0.4 is 5.69 Å². The molecule has 0 radical (unpaired) electrons. The first-order valence-corrected chi connectivity index (χ1v) is 4.28. The molecule has 0 spiro atoms. The number of carbonyl (C=O) groups is 1. The molecule has 1 aromatic rings. The number of ether oxygens (including phenoxy) is 1. The smallest absolute Gasteiger partial charge is 0.357 e. The quantitative estimate of drug-likeness (QED) is 0.704. The van der Waals surface area contributed by atoms with Crippen LogP contribution in [0.2, 0.25) is 0 Å². The van der Waals surface area contributed by atoms with E-state index in [1.54, 1.807) is 20.8 Å². The standard InChI is InChI=1S/C9H12N2O3/c1-5(2)14-8(12)7-4-6(3)10-9(13)11-7/h4-5H,1-3H3,(H,10,11,13). The maximum atomic E-state index is 11.3. The Hall–Kier alpha value is -1.65. The van der Waals surface area contributed by atoms with Crippen molar-refractivity contribution in [3.05, 3.63) is 27.9 Å². The number of H-pyrrole nitrogens is 1. The first-order valence-electron chi connectivity index (χ1n) is 4.28. The molecule has 0 aromatic carbocycles. The summed E-state index contributed by atoms with van der Waals surface area (Å²) < 4.78 is 4.89. The molecule has 5 nitrogen and oxygen atoms in total. The van der Waals surface area contributed by atoms with Crippen LogP contribution in [0, 0.1) is 6.92 Å². The minimum Gasteiger partial charge on any atom is -0.458 e. The number of nitrogens with one attached hydrogen (secondary N) is 1. The molecule has 0 saturated heterocycles. The fraction of sp³-hybridized carbons (Fsp3) is 0.444. The van der Waals surface area contributed by atoms with E-state index in [-0.39, 0.29) is 11.8 Å². The molecule has 0 saturated carbocycles. The van der Waals surface area contributed by atoms with Gasteiger partial charge < -0.3 is 9.72 Å². The van der Waals surface area contributed by atoms with Crippen molar-refractivity contribution in [3.8, 4) is 0 Å². The zero-order valence-corrected chi connectivity index (χ0v) is 8.33. The molecule has 1 heterocycles. The van der Waals surface area contributed by atoms with Crippen LogP contribution in [-0.4, -0.2) is 22.0 Å². The third kappa shape index (κ3) is 2.69. The average molecular weight is 196 g/mol. The van der Waals surface area contributed by atoms with Crippen LogP contribution in [0.5, 0.6) is 0 Å². The van der Waals surface area contributed by atoms with E-state index in [1.165, 1.54) is 6.07 Å². The third-order valence-corrected chi connectivity index (χ3v) is 1.43. The Balaban J connectivity index is 2.96. The van der Waals surface area contributed by atoms with Gasteiger partial charge >= 0.3 is 11.7 Å². The summed E-state index contributed by atoms with van der Waals surface area (Å²) in [5, 5.41) is 0. The summed E-state index contributed by atoms with van der Waals surface area (Å²) in [5.41, 5.74) is 0.0846. The number of carbonyl (C=O) groups excluding carboxylic acids is 1. The highest BCUT2D eigenvalue weighted by Crippen LogP contribution is 1.99. The van der Waals surface area contributed by atoms with Crippen molar-refractivity contribution in [3.63, 3.8) is 0 Å². The number of aromatic amines is 1. The fourth-order valence-corrected chi connectivity index (χ4v) is 0.958. The largest absolute Gasteiger partial charge is 0.458 e. The van der Waals surface area contributed by atoms with E-state index in [2.05, 4.69) is 9.97 Å². The Bertz CT molecular complexity index is 395. The van der Waals surface area contributed by atoms with Gasteiger partial charge in [-0.25, -0.2) is 9.59 Å². The predicted octanol–water partition coefficient (Wildman–Crippen LogP) is 0.644. The number of aryl methyl sites for hydroxylation is 1. The van der Waals surface area contributed by atoms with Crippen LogP contribution in [0.3, 0.4) is 0 Å². The van der Waals surface area contributed by atoms with Gasteiger partial charge in [-0.3, -0.25) is 0 Å². The lowest BCUT2D eigenvalue weighted by Gasteiger charge is -2.06. The first-order chi connectivity index (χ1) is 6.49. The molecule has 0 aliphatic carbocycles. The zero-order valence-electron chi connectivity index (χ0n) is 8.33. The molecular formula is C9H12N2O3. The van der Waals surface area contributed by atoms with Crippen LogP contribution >= 0.6 is 0 Å². The van der Waals surface area contributed by atoms with Crippen LogP contribution in [0.1, 0.15) is 30.0 Å². The van der Waals surface area contributed by atoms with Crippen molar-refractivity contribution in [2.24, 2.45) is 0 Å². The second-order valence-corrected chi connectivity index (χ2v) is 3.21. The fourth-order valence-electron chi connectivity index (χ4n) is 0.958. The van der Waals surface area contributed by atoms with Crippen LogP contribution in [0.4, 0.5) is 0 Å². The molecule has 1 rings (SSSR count). The van der Waals surface area contributed by atoms with E-state index in [1.807, 2.05) is 0 Å². The van der Waals surface area contributed by atoms with E-state index < -0.39 is 11.7 Å². The van der Waals surface area contributed by atoms with Gasteiger partial charge in [0.2, 0.25) is 0 Å². The van der Waals surface area contributed by atoms with E-state index in [0.29, 0.717) is 5.69 Å². The molecule has 14 heavy (non-hydrogen) atoms. The molecule has 0 amide bonds. The van der Waals surface area contributed by atoms with Gasteiger partial charge in [0.25, 0.3) is 0 Å². The number of rotatable bonds is 2. The van der Waals surface area contributed by atoms with Gasteiger partial charge in [-0.1, -0.05) is 0 Å². The van der Waals surface area contributed by atoms with Gasteiger partial charge in [0.15, 0.2) is 5.69 Å². The van der Waals surface area contributed by atoms with Gasteiger partial charge in [0.05, 0.1) is 6.10 Å². The van der Waals surface area contributed by atoms with E-state index >= 15 is 0 Å². The lowest BCUT2D eigenvalue weighted by atomic mass is 10.3. The molecule has 0 bridgehead atoms. The molecule has 0 unspecified atom stereocenters. The predicted molar refractivity (Wildman–Crippen MR) is 50.1 cm³/mol. The van der Waals surface area contributed by atoms with Crippen LogP contribution in [0.15, 0.2) is 10.9 Å². The van der Waals surface area contributed by atoms with E-state index in [0.717, 1.165) is 0 Å². The topological polar surface area (TPSA) is 72.0 Å². The van der Waals surface area contributed by atoms with Crippen LogP contribution in [0.25, 0.3) is 0 Å². The zero-order chi connectivity index (χ0) is 10.7. The summed E-state index contributed by atoms with van der Waals surface area (Å²) in [4.78, 5) is 28.2. The van der Waals surface area contributed by atoms with E-state index in [4.69, 9.17) is 4.74 Å². The molecule has 0 aliphatic heterocycles. The lowest BCUT2D eigenvalue weighted by molar-refractivity contribution is 0.0370. The highest BCUT2D eigenvalue weighted by molar-refractivity contribution is 5.87. The molecule has 0 fully saturated rings. The van der Waals surface area contributed by atoms with Gasteiger partial charge in [-0.15, -0.1) is 0 Å². The molecule has 0 aliphatic rings. The highest BCUT2D eigenvalue weighted by Gasteiger charge is 2.11. The van der Waals surface area contributed by atoms with E-state index in [9.17, 15) is 9.59 Å². The molecule has 76 valence electrons. The second-order valence-electron chi connectivity index (χ2n) is 3.21. The number of nitrogens with zero attached hydrogens (tertiary/aromatic N) is 1. The Labute approximate surface area is 81.1 Å². The number of hydrogen-bond donors (Lipinski definition) is 1. The molecular weight excluding hydrogens is 184 g/mol. The SMILES string of the molecule is Cc1cc(C(=O)OC(C)C)nc(=O)[nH]1. The summed E-state index contributed by atoms with van der Waals surface area (Å²) in [6, 6.07) is 1.48. The maximum Gasteiger partial charge on any atom is 0.357 e. The Morgan fingerprint density at radius 1 is 1.57 bits per heavy atom. The van der Waals surface area contributed by atoms with Crippen molar-refractivity contribution in [2.75, 3.05) is 0 Å². The minimum absolute atomic E-state index is 0.0416. The van der Waals surface area contributed by atoms with Gasteiger partial charge in [-0.2, -0.15) is 4.98 Å². The van der Waals surface area contributed by atoms with Crippen molar-refractivity contribution in [1.82, 2.24) is 9.97 Å². The van der Waals surface area contributed by atoms with Crippen LogP contribution in [-0.2, 0) is 4.74 Å². The molecule has 5 heteroatoms. The lowest BCUT2D eigenvalue weighted by Crippen LogP contribution is -2.20. The Morgan fingerprint density at radius 2 is 2.21 bits per heavy atom. The summed E-state index contributed by atoms with van der Waals surface area (Å²) in [5.74, 6) is -0.575. The second kappa shape index (κ2) is 4.04. The normalized spacial score (nSPS) is 10.3. The molecule has 1 aromatic heterocycles. The van der Waals surface area contributed by atoms with Gasteiger partial charge in [0.1, 0.15) is 0 Å². The maximum absolute atomic E-state index is 11.3. The summed E-state index contributed by atoms with van der Waals surface area (Å²) in [7, 11) is 0. The Kier molecular flexibility index (Phi) is 3.01. The summed E-state index contributed by atoms with van der Waals surface area (Å²) in [6.07, 6.45) is -0.219. The van der Waals surface area contributed by atoms with Crippen molar-refractivity contribution >= 4 is 5.97 Å². The summed E-state index contributed by atoms with van der Waals surface area (Å²) >= 11 is 0. The molecule has 1 N–H and O–H groups in total. The van der Waals surface area contributed by atoms with Crippen molar-refractivity contribution in [1.29, 1.82) is 0 Å². The number of esters is 1. The summed E-state index contributed by atoms with van der Waals surface area (Å²) in [6.45, 7) is 5.14. The van der Waals surface area contributed by atoms with Gasteiger partial charge in [-0.05, 0) is 26.8 Å². The van der Waals surface area contributed by atoms with Gasteiger partial charge in [0, 0.05) is 5.69 Å². The highest BCUT2D eigenvalue weighted by atomic mass is 16.5. The van der Waals surface area contributed by atoms with Crippen molar-refractivity contribution < 1.29 is 9.53 Å². The monoisotopic (exact) mass is 196 g/mol. The number of hydrogen-bond acceptors (Lipinski definition) is 4. The Morgan fingerprint density at radius 3 is 2.71 bits per heavy atom. The minimum atomic E-state index is -0.575. The number of aromatic nitrogens is 2. The third-order valence-electron chi connectivity index (χ3n) is 1.43. The van der Waals surface area contributed by atoms with Crippen molar-refractivity contribution in [2.45, 2.75) is 26.9 Å². The first kappa shape index (κ1) is 10.4.